The quantitative estimate of drug-likeness (QED) is 0.560. The van der Waals surface area contributed by atoms with Crippen LogP contribution in [0.3, 0.4) is 0 Å². The van der Waals surface area contributed by atoms with Gasteiger partial charge in [0, 0.05) is 51.4 Å². The minimum Gasteiger partial charge on any atom is -1.00 e. The molecule has 1 aromatic carbocycles. The molecule has 0 radical (unpaired) electrons. The van der Waals surface area contributed by atoms with Crippen LogP contribution in [-0.4, -0.2) is 77.7 Å². The SMILES string of the molecule is CC1(N2CCNCC2)CCN(Cc2ccccc2)CC1.[CH3-].[Cl-].[Mg+2]. The number of halogens is 1. The molecule has 1 aromatic rings. The van der Waals surface area contributed by atoms with Crippen molar-refractivity contribution >= 4 is 23.1 Å². The Labute approximate surface area is 164 Å². The fourth-order valence-corrected chi connectivity index (χ4v) is 3.56. The first-order valence-corrected chi connectivity index (χ1v) is 7.98. The molecular formula is C18H30ClMgN3. The summed E-state index contributed by atoms with van der Waals surface area (Å²) in [4.78, 5) is 5.32. The Morgan fingerprint density at radius 3 is 2.13 bits per heavy atom. The second-order valence-corrected chi connectivity index (χ2v) is 6.50. The Kier molecular flexibility index (Phi) is 11.0. The topological polar surface area (TPSA) is 18.5 Å². The van der Waals surface area contributed by atoms with Gasteiger partial charge >= 0.3 is 23.1 Å². The molecule has 0 amide bonds. The third-order valence-electron chi connectivity index (χ3n) is 5.06. The summed E-state index contributed by atoms with van der Waals surface area (Å²) in [6.45, 7) is 10.8. The molecule has 0 unspecified atom stereocenters. The summed E-state index contributed by atoms with van der Waals surface area (Å²) in [6.07, 6.45) is 2.61. The smallest absolute Gasteiger partial charge is 1.00 e. The summed E-state index contributed by atoms with van der Waals surface area (Å²) in [7, 11) is 0. The van der Waals surface area contributed by atoms with Gasteiger partial charge in [-0.2, -0.15) is 0 Å². The summed E-state index contributed by atoms with van der Waals surface area (Å²) < 4.78 is 0. The van der Waals surface area contributed by atoms with Crippen LogP contribution in [0.4, 0.5) is 0 Å². The molecule has 0 aromatic heterocycles. The van der Waals surface area contributed by atoms with Gasteiger partial charge in [-0.25, -0.2) is 0 Å². The van der Waals surface area contributed by atoms with E-state index in [0.29, 0.717) is 5.54 Å². The zero-order valence-electron chi connectivity index (χ0n) is 14.7. The van der Waals surface area contributed by atoms with Crippen molar-refractivity contribution in [3.63, 3.8) is 0 Å². The predicted octanol–water partition coefficient (Wildman–Crippen LogP) is -0.980. The zero-order valence-corrected chi connectivity index (χ0v) is 16.9. The first-order valence-electron chi connectivity index (χ1n) is 7.98. The fraction of sp³-hybridized carbons (Fsp3) is 0.611. The molecule has 5 heteroatoms. The third kappa shape index (κ3) is 6.18. The van der Waals surface area contributed by atoms with Gasteiger partial charge in [-0.1, -0.05) is 30.3 Å². The average Bonchev–Trinajstić information content (AvgIpc) is 2.52. The molecule has 0 aliphatic carbocycles. The van der Waals surface area contributed by atoms with Crippen molar-refractivity contribution in [2.24, 2.45) is 0 Å². The predicted molar refractivity (Wildman–Crippen MR) is 96.0 cm³/mol. The molecule has 3 rings (SSSR count). The van der Waals surface area contributed by atoms with Crippen molar-refractivity contribution in [1.82, 2.24) is 15.1 Å². The van der Waals surface area contributed by atoms with Crippen LogP contribution >= 0.6 is 0 Å². The number of nitrogens with zero attached hydrogens (tertiary/aromatic N) is 2. The van der Waals surface area contributed by atoms with Crippen LogP contribution < -0.4 is 17.7 Å². The minimum absolute atomic E-state index is 0. The van der Waals surface area contributed by atoms with Gasteiger partial charge < -0.3 is 25.2 Å². The molecule has 3 nitrogen and oxygen atoms in total. The van der Waals surface area contributed by atoms with Crippen molar-refractivity contribution in [2.45, 2.75) is 31.8 Å². The summed E-state index contributed by atoms with van der Waals surface area (Å²) >= 11 is 0. The minimum atomic E-state index is 0. The molecule has 0 spiro atoms. The average molecular weight is 348 g/mol. The Hall–Kier alpha value is 0.156. The number of likely N-dealkylation sites (tertiary alicyclic amines) is 1. The molecule has 126 valence electrons. The molecule has 0 saturated carbocycles. The summed E-state index contributed by atoms with van der Waals surface area (Å²) in [5, 5.41) is 3.46. The molecule has 2 aliphatic heterocycles. The van der Waals surface area contributed by atoms with Gasteiger partial charge in [-0.05, 0) is 25.3 Å². The molecule has 2 heterocycles. The van der Waals surface area contributed by atoms with Crippen LogP contribution in [0.25, 0.3) is 0 Å². The van der Waals surface area contributed by atoms with Crippen LogP contribution in [0.15, 0.2) is 30.3 Å². The first-order chi connectivity index (χ1) is 9.76. The molecule has 2 fully saturated rings. The zero-order chi connectivity index (χ0) is 13.8. The van der Waals surface area contributed by atoms with Gasteiger partial charge in [0.25, 0.3) is 0 Å². The van der Waals surface area contributed by atoms with Crippen LogP contribution in [0.1, 0.15) is 25.3 Å². The fourth-order valence-electron chi connectivity index (χ4n) is 3.56. The molecule has 2 aliphatic rings. The van der Waals surface area contributed by atoms with Gasteiger partial charge in [-0.3, -0.25) is 9.80 Å². The van der Waals surface area contributed by atoms with Crippen LogP contribution in [0, 0.1) is 7.43 Å². The number of hydrogen-bond acceptors (Lipinski definition) is 3. The first kappa shape index (κ1) is 23.2. The van der Waals surface area contributed by atoms with E-state index in [-0.39, 0.29) is 42.9 Å². The maximum Gasteiger partial charge on any atom is 2.00 e. The van der Waals surface area contributed by atoms with E-state index in [2.05, 4.69) is 52.4 Å². The number of nitrogens with one attached hydrogen (secondary N) is 1. The Bertz CT molecular complexity index is 416. The maximum absolute atomic E-state index is 3.46. The normalized spacial score (nSPS) is 21.4. The summed E-state index contributed by atoms with van der Waals surface area (Å²) in [5.41, 5.74) is 1.87. The van der Waals surface area contributed by atoms with Crippen molar-refractivity contribution < 1.29 is 12.4 Å². The van der Waals surface area contributed by atoms with Gasteiger partial charge in [0.1, 0.15) is 0 Å². The standard InChI is InChI=1S/C17H27N3.CH3.ClH.Mg/c1-17(20-13-9-18-10-14-20)7-11-19(12-8-17)15-16-5-3-2-4-6-16;;;/h2-6,18H,7-15H2,1H3;1H3;1H;/q;-1;;+2/p-1. The second kappa shape index (κ2) is 10.9. The van der Waals surface area contributed by atoms with E-state index in [9.17, 15) is 0 Å². The van der Waals surface area contributed by atoms with E-state index in [4.69, 9.17) is 0 Å². The molecule has 23 heavy (non-hydrogen) atoms. The summed E-state index contributed by atoms with van der Waals surface area (Å²) in [5.74, 6) is 0. The van der Waals surface area contributed by atoms with E-state index in [1.807, 2.05) is 0 Å². The molecular weight excluding hydrogens is 318 g/mol. The Morgan fingerprint density at radius 1 is 1.00 bits per heavy atom. The molecule has 0 bridgehead atoms. The maximum atomic E-state index is 3.46. The molecule has 1 N–H and O–H groups in total. The monoisotopic (exact) mass is 347 g/mol. The van der Waals surface area contributed by atoms with Crippen molar-refractivity contribution in [2.75, 3.05) is 39.3 Å². The van der Waals surface area contributed by atoms with Crippen molar-refractivity contribution in [3.05, 3.63) is 43.3 Å². The van der Waals surface area contributed by atoms with Gasteiger partial charge in [0.15, 0.2) is 0 Å². The van der Waals surface area contributed by atoms with Crippen LogP contribution in [0.5, 0.6) is 0 Å². The van der Waals surface area contributed by atoms with Gasteiger partial charge in [0.2, 0.25) is 0 Å². The van der Waals surface area contributed by atoms with E-state index < -0.39 is 0 Å². The molecule has 2 saturated heterocycles. The van der Waals surface area contributed by atoms with E-state index in [1.54, 1.807) is 0 Å². The van der Waals surface area contributed by atoms with Crippen molar-refractivity contribution in [3.8, 4) is 0 Å². The van der Waals surface area contributed by atoms with Crippen molar-refractivity contribution in [1.29, 1.82) is 0 Å². The third-order valence-corrected chi connectivity index (χ3v) is 5.06. The number of rotatable bonds is 3. The Balaban J connectivity index is 0.00000161. The molecule has 0 atom stereocenters. The number of benzene rings is 1. The largest absolute Gasteiger partial charge is 2.00 e. The summed E-state index contributed by atoms with van der Waals surface area (Å²) in [6, 6.07) is 10.9. The number of hydrogen-bond donors (Lipinski definition) is 1. The van der Waals surface area contributed by atoms with E-state index in [0.717, 1.165) is 19.6 Å². The number of piperidine rings is 1. The number of piperazine rings is 1. The Morgan fingerprint density at radius 2 is 1.57 bits per heavy atom. The van der Waals surface area contributed by atoms with Gasteiger partial charge in [0.05, 0.1) is 0 Å². The van der Waals surface area contributed by atoms with Gasteiger partial charge in [-0.15, -0.1) is 0 Å². The van der Waals surface area contributed by atoms with Crippen LogP contribution in [-0.2, 0) is 6.54 Å². The second-order valence-electron chi connectivity index (χ2n) is 6.50. The van der Waals surface area contributed by atoms with E-state index >= 15 is 0 Å². The van der Waals surface area contributed by atoms with Crippen LogP contribution in [0.2, 0.25) is 0 Å². The van der Waals surface area contributed by atoms with E-state index in [1.165, 1.54) is 44.6 Å².